The maximum atomic E-state index is 12.3. The highest BCUT2D eigenvalue weighted by atomic mass is 32.1. The van der Waals surface area contributed by atoms with Gasteiger partial charge in [0.05, 0.1) is 5.39 Å². The van der Waals surface area contributed by atoms with E-state index in [-0.39, 0.29) is 12.6 Å². The van der Waals surface area contributed by atoms with Gasteiger partial charge in [0, 0.05) is 9.75 Å². The van der Waals surface area contributed by atoms with Crippen molar-refractivity contribution in [3.63, 3.8) is 0 Å². The second-order valence-corrected chi connectivity index (χ2v) is 8.78. The van der Waals surface area contributed by atoms with E-state index in [0.29, 0.717) is 16.5 Å². The van der Waals surface area contributed by atoms with E-state index in [9.17, 15) is 4.79 Å². The van der Waals surface area contributed by atoms with Crippen LogP contribution in [0.3, 0.4) is 0 Å². The fourth-order valence-corrected chi connectivity index (χ4v) is 5.76. The molecule has 1 aliphatic rings. The number of rotatable bonds is 4. The molecule has 26 heavy (non-hydrogen) atoms. The molecule has 0 spiro atoms. The van der Waals surface area contributed by atoms with Gasteiger partial charge in [-0.05, 0) is 56.2 Å². The van der Waals surface area contributed by atoms with E-state index in [0.717, 1.165) is 35.0 Å². The summed E-state index contributed by atoms with van der Waals surface area (Å²) >= 11 is 3.19. The molecular weight excluding hydrogens is 366 g/mol. The number of aryl methyl sites for hydroxylation is 4. The molecule has 0 bridgehead atoms. The first kappa shape index (κ1) is 17.4. The van der Waals surface area contributed by atoms with Crippen molar-refractivity contribution >= 4 is 44.7 Å². The van der Waals surface area contributed by atoms with E-state index >= 15 is 0 Å². The molecule has 2 N–H and O–H groups in total. The van der Waals surface area contributed by atoms with Gasteiger partial charge in [0.15, 0.2) is 12.4 Å². The van der Waals surface area contributed by atoms with Crippen molar-refractivity contribution in [2.75, 3.05) is 5.73 Å². The second-order valence-electron chi connectivity index (χ2n) is 6.56. The number of aromatic nitrogens is 2. The van der Waals surface area contributed by atoms with Gasteiger partial charge in [0.1, 0.15) is 15.5 Å². The highest BCUT2D eigenvalue weighted by Crippen LogP contribution is 2.37. The van der Waals surface area contributed by atoms with Crippen LogP contribution in [0.1, 0.15) is 56.1 Å². The van der Waals surface area contributed by atoms with Gasteiger partial charge in [-0.3, -0.25) is 0 Å². The molecule has 0 amide bonds. The topological polar surface area (TPSA) is 78.1 Å². The summed E-state index contributed by atoms with van der Waals surface area (Å²) in [6.45, 7) is 4.14. The molecular formula is C19H21N3O2S2. The van der Waals surface area contributed by atoms with E-state index in [1.807, 2.05) is 13.0 Å². The maximum absolute atomic E-state index is 12.3. The van der Waals surface area contributed by atoms with E-state index in [1.54, 1.807) is 11.3 Å². The Morgan fingerprint density at radius 3 is 2.85 bits per heavy atom. The van der Waals surface area contributed by atoms with Gasteiger partial charge in [-0.25, -0.2) is 14.8 Å². The molecule has 136 valence electrons. The number of anilines is 1. The van der Waals surface area contributed by atoms with Gasteiger partial charge in [-0.2, -0.15) is 0 Å². The predicted molar refractivity (Wildman–Crippen MR) is 106 cm³/mol. The smallest absolute Gasteiger partial charge is 0.348 e. The monoisotopic (exact) mass is 387 g/mol. The number of esters is 1. The van der Waals surface area contributed by atoms with Gasteiger partial charge in [0.2, 0.25) is 0 Å². The number of ether oxygens (including phenoxy) is 1. The molecule has 0 aromatic carbocycles. The lowest BCUT2D eigenvalue weighted by molar-refractivity contribution is 0.0468. The number of thiophene rings is 2. The zero-order chi connectivity index (χ0) is 18.3. The number of hydrogen-bond donors (Lipinski definition) is 1. The Bertz CT molecular complexity index is 990. The lowest BCUT2D eigenvalue weighted by Gasteiger charge is -2.10. The summed E-state index contributed by atoms with van der Waals surface area (Å²) in [7, 11) is 0. The molecule has 3 aromatic rings. The molecule has 3 aromatic heterocycles. The molecule has 0 saturated carbocycles. The molecule has 0 unspecified atom stereocenters. The zero-order valence-electron chi connectivity index (χ0n) is 14.9. The quantitative estimate of drug-likeness (QED) is 0.670. The third kappa shape index (κ3) is 3.10. The maximum Gasteiger partial charge on any atom is 0.348 e. The number of carbonyl (C=O) groups is 1. The molecule has 5 nitrogen and oxygen atoms in total. The zero-order valence-corrected chi connectivity index (χ0v) is 16.6. The van der Waals surface area contributed by atoms with E-state index in [4.69, 9.17) is 10.5 Å². The largest absolute Gasteiger partial charge is 0.453 e. The van der Waals surface area contributed by atoms with Crippen LogP contribution in [0.4, 0.5) is 5.82 Å². The Labute approximate surface area is 160 Å². The molecule has 0 saturated heterocycles. The second kappa shape index (κ2) is 6.96. The minimum atomic E-state index is -0.328. The van der Waals surface area contributed by atoms with Gasteiger partial charge in [0.25, 0.3) is 0 Å². The summed E-state index contributed by atoms with van der Waals surface area (Å²) in [6.07, 6.45) is 5.48. The van der Waals surface area contributed by atoms with Crippen LogP contribution in [-0.2, 0) is 30.6 Å². The third-order valence-electron chi connectivity index (χ3n) is 4.76. The van der Waals surface area contributed by atoms with E-state index in [2.05, 4.69) is 16.9 Å². The van der Waals surface area contributed by atoms with Crippen molar-refractivity contribution in [2.24, 2.45) is 0 Å². The molecule has 0 fully saturated rings. The number of carbonyl (C=O) groups excluding carboxylic acids is 1. The number of nitrogens with two attached hydrogens (primary N) is 1. The van der Waals surface area contributed by atoms with Crippen LogP contribution in [0.5, 0.6) is 0 Å². The molecule has 0 atom stereocenters. The lowest BCUT2D eigenvalue weighted by atomic mass is 9.97. The molecule has 0 aliphatic heterocycles. The van der Waals surface area contributed by atoms with Crippen LogP contribution >= 0.6 is 22.7 Å². The Hall–Kier alpha value is -1.99. The van der Waals surface area contributed by atoms with Gasteiger partial charge < -0.3 is 10.5 Å². The molecule has 7 heteroatoms. The summed E-state index contributed by atoms with van der Waals surface area (Å²) in [6, 6.07) is 1.89. The molecule has 1 aliphatic carbocycles. The summed E-state index contributed by atoms with van der Waals surface area (Å²) in [5.41, 5.74) is 8.65. The highest BCUT2D eigenvalue weighted by Gasteiger charge is 2.20. The SMILES string of the molecule is CCc1sc(C(=O)OCc2nc(N)c3c4c(sc3n2)CCCC4)cc1C. The van der Waals surface area contributed by atoms with Crippen LogP contribution in [0.25, 0.3) is 10.2 Å². The summed E-state index contributed by atoms with van der Waals surface area (Å²) in [5.74, 6) is 0.636. The average Bonchev–Trinajstić information content (AvgIpc) is 3.19. The average molecular weight is 388 g/mol. The number of hydrogen-bond acceptors (Lipinski definition) is 7. The van der Waals surface area contributed by atoms with Crippen LogP contribution < -0.4 is 5.73 Å². The third-order valence-corrected chi connectivity index (χ3v) is 7.31. The predicted octanol–water partition coefficient (Wildman–Crippen LogP) is 4.44. The van der Waals surface area contributed by atoms with Gasteiger partial charge in [-0.15, -0.1) is 22.7 Å². The lowest BCUT2D eigenvalue weighted by Crippen LogP contribution is -2.08. The van der Waals surface area contributed by atoms with Crippen LogP contribution in [-0.4, -0.2) is 15.9 Å². The number of nitrogens with zero attached hydrogens (tertiary/aromatic N) is 2. The minimum absolute atomic E-state index is 0.0416. The first-order valence-electron chi connectivity index (χ1n) is 8.90. The van der Waals surface area contributed by atoms with E-state index < -0.39 is 0 Å². The van der Waals surface area contributed by atoms with Crippen molar-refractivity contribution < 1.29 is 9.53 Å². The Morgan fingerprint density at radius 1 is 1.27 bits per heavy atom. The van der Waals surface area contributed by atoms with Gasteiger partial charge >= 0.3 is 5.97 Å². The van der Waals surface area contributed by atoms with Gasteiger partial charge in [-0.1, -0.05) is 6.92 Å². The van der Waals surface area contributed by atoms with Crippen molar-refractivity contribution in [3.8, 4) is 0 Å². The number of fused-ring (bicyclic) bond motifs is 3. The fraction of sp³-hybridized carbons (Fsp3) is 0.421. The number of nitrogen functional groups attached to an aromatic ring is 1. The summed E-state index contributed by atoms with van der Waals surface area (Å²) in [5, 5.41) is 1.00. The summed E-state index contributed by atoms with van der Waals surface area (Å²) < 4.78 is 5.43. The molecule has 4 rings (SSSR count). The van der Waals surface area contributed by atoms with Crippen LogP contribution in [0.15, 0.2) is 6.07 Å². The minimum Gasteiger partial charge on any atom is -0.453 e. The normalized spacial score (nSPS) is 13.8. The van der Waals surface area contributed by atoms with Crippen molar-refractivity contribution in [1.29, 1.82) is 0 Å². The van der Waals surface area contributed by atoms with E-state index in [1.165, 1.54) is 39.5 Å². The Balaban J connectivity index is 1.54. The summed E-state index contributed by atoms with van der Waals surface area (Å²) in [4.78, 5) is 25.4. The molecule has 0 radical (unpaired) electrons. The standard InChI is InChI=1S/C19H21N3O2S2/c1-3-12-10(2)8-14(25-12)19(23)24-9-15-21-17(20)16-11-6-4-5-7-13(11)26-18(16)22-15/h8H,3-7,9H2,1-2H3,(H2,20,21,22). The Morgan fingerprint density at radius 2 is 2.08 bits per heavy atom. The van der Waals surface area contributed by atoms with Crippen molar-refractivity contribution in [2.45, 2.75) is 52.6 Å². The highest BCUT2D eigenvalue weighted by molar-refractivity contribution is 7.19. The van der Waals surface area contributed by atoms with Crippen molar-refractivity contribution in [1.82, 2.24) is 9.97 Å². The van der Waals surface area contributed by atoms with Crippen LogP contribution in [0, 0.1) is 6.92 Å². The van der Waals surface area contributed by atoms with Crippen LogP contribution in [0.2, 0.25) is 0 Å². The Kier molecular flexibility index (Phi) is 4.67. The molecule has 3 heterocycles. The fourth-order valence-electron chi connectivity index (χ4n) is 3.47. The van der Waals surface area contributed by atoms with Crippen molar-refractivity contribution in [3.05, 3.63) is 37.6 Å². The first-order chi connectivity index (χ1) is 12.6. The first-order valence-corrected chi connectivity index (χ1v) is 10.5.